The molecule has 1 saturated heterocycles. The maximum absolute atomic E-state index is 11.4. The van der Waals surface area contributed by atoms with E-state index in [4.69, 9.17) is 0 Å². The Balaban J connectivity index is 2.35. The fourth-order valence-corrected chi connectivity index (χ4v) is 2.08. The summed E-state index contributed by atoms with van der Waals surface area (Å²) in [6.07, 6.45) is 2.26. The van der Waals surface area contributed by atoms with Gasteiger partial charge in [0.2, 0.25) is 5.91 Å². The van der Waals surface area contributed by atoms with Crippen molar-refractivity contribution in [2.24, 2.45) is 0 Å². The van der Waals surface area contributed by atoms with Gasteiger partial charge in [0, 0.05) is 29.8 Å². The van der Waals surface area contributed by atoms with Gasteiger partial charge in [-0.15, -0.1) is 0 Å². The summed E-state index contributed by atoms with van der Waals surface area (Å²) in [4.78, 5) is 19.8. The molecule has 1 fully saturated rings. The Morgan fingerprint density at radius 1 is 1.53 bits per heavy atom. The van der Waals surface area contributed by atoms with Gasteiger partial charge in [0.05, 0.1) is 0 Å². The third kappa shape index (κ3) is 1.84. The highest BCUT2D eigenvalue weighted by atomic mass is 16.2. The summed E-state index contributed by atoms with van der Waals surface area (Å²) >= 11 is 0. The molecule has 2 heterocycles. The molecule has 15 heavy (non-hydrogen) atoms. The van der Waals surface area contributed by atoms with Crippen LogP contribution in [0.25, 0.3) is 0 Å². The average Bonchev–Trinajstić information content (AvgIpc) is 2.39. The van der Waals surface area contributed by atoms with E-state index in [9.17, 15) is 4.79 Å². The minimum absolute atomic E-state index is 0.0984. The Kier molecular flexibility index (Phi) is 2.21. The van der Waals surface area contributed by atoms with Gasteiger partial charge in [0.25, 0.3) is 0 Å². The van der Waals surface area contributed by atoms with Crippen LogP contribution in [0.2, 0.25) is 0 Å². The van der Waals surface area contributed by atoms with Gasteiger partial charge >= 0.3 is 0 Å². The van der Waals surface area contributed by atoms with Crippen LogP contribution in [0.5, 0.6) is 0 Å². The maximum atomic E-state index is 11.4. The molecule has 4 nitrogen and oxygen atoms in total. The Morgan fingerprint density at radius 2 is 2.27 bits per heavy atom. The molecule has 1 amide bonds. The molecule has 0 radical (unpaired) electrons. The number of carbonyl (C=O) groups is 1. The maximum Gasteiger partial charge on any atom is 0.221 e. The van der Waals surface area contributed by atoms with E-state index in [1.165, 1.54) is 0 Å². The Hall–Kier alpha value is -1.45. The zero-order chi connectivity index (χ0) is 11.1. The van der Waals surface area contributed by atoms with Crippen LogP contribution in [0.3, 0.4) is 0 Å². The molecule has 1 atom stereocenters. The van der Waals surface area contributed by atoms with Gasteiger partial charge in [-0.2, -0.15) is 0 Å². The quantitative estimate of drug-likeness (QED) is 0.748. The van der Waals surface area contributed by atoms with Gasteiger partial charge in [-0.05, 0) is 26.8 Å². The first-order chi connectivity index (χ1) is 6.99. The highest BCUT2D eigenvalue weighted by Crippen LogP contribution is 2.34. The lowest BCUT2D eigenvalue weighted by Crippen LogP contribution is -2.38. The molecule has 80 valence electrons. The summed E-state index contributed by atoms with van der Waals surface area (Å²) < 4.78 is 0. The van der Waals surface area contributed by atoms with Gasteiger partial charge in [-0.1, -0.05) is 0 Å². The van der Waals surface area contributed by atoms with E-state index >= 15 is 0 Å². The largest absolute Gasteiger partial charge is 0.351 e. The van der Waals surface area contributed by atoms with Crippen molar-refractivity contribution in [3.05, 3.63) is 23.8 Å². The van der Waals surface area contributed by atoms with Crippen LogP contribution in [0, 0.1) is 6.92 Å². The lowest BCUT2D eigenvalue weighted by molar-refractivity contribution is -0.119. The SMILES string of the molecule is Cc1nccc(C2CC(=O)NC2(C)C)n1. The molecule has 0 saturated carbocycles. The predicted molar refractivity (Wildman–Crippen MR) is 56.3 cm³/mol. The number of hydrogen-bond acceptors (Lipinski definition) is 3. The standard InChI is InChI=1S/C11H15N3O/c1-7-12-5-4-9(13-7)8-6-10(15)14-11(8,2)3/h4-5,8H,6H2,1-3H3,(H,14,15). The molecule has 1 aliphatic rings. The van der Waals surface area contributed by atoms with E-state index in [0.29, 0.717) is 6.42 Å². The molecule has 0 spiro atoms. The number of nitrogens with zero attached hydrogens (tertiary/aromatic N) is 2. The van der Waals surface area contributed by atoms with Crippen molar-refractivity contribution < 1.29 is 4.79 Å². The second kappa shape index (κ2) is 3.29. The van der Waals surface area contributed by atoms with E-state index in [1.807, 2.05) is 26.8 Å². The van der Waals surface area contributed by atoms with Crippen molar-refractivity contribution >= 4 is 5.91 Å². The number of aryl methyl sites for hydroxylation is 1. The van der Waals surface area contributed by atoms with Crippen molar-refractivity contribution in [2.75, 3.05) is 0 Å². The van der Waals surface area contributed by atoms with Gasteiger partial charge in [0.1, 0.15) is 5.82 Å². The smallest absolute Gasteiger partial charge is 0.221 e. The van der Waals surface area contributed by atoms with E-state index in [-0.39, 0.29) is 17.4 Å². The molecule has 4 heteroatoms. The Morgan fingerprint density at radius 3 is 2.80 bits per heavy atom. The summed E-state index contributed by atoms with van der Waals surface area (Å²) in [5, 5.41) is 2.96. The lowest BCUT2D eigenvalue weighted by Gasteiger charge is -2.25. The monoisotopic (exact) mass is 205 g/mol. The first-order valence-corrected chi connectivity index (χ1v) is 5.09. The molecule has 1 aromatic rings. The fraction of sp³-hybridized carbons (Fsp3) is 0.545. The van der Waals surface area contributed by atoms with Crippen molar-refractivity contribution in [1.29, 1.82) is 0 Å². The van der Waals surface area contributed by atoms with Gasteiger partial charge in [-0.3, -0.25) is 4.79 Å². The normalized spacial score (nSPS) is 23.9. The number of aromatic nitrogens is 2. The minimum Gasteiger partial charge on any atom is -0.351 e. The van der Waals surface area contributed by atoms with Crippen LogP contribution >= 0.6 is 0 Å². The second-order valence-corrected chi connectivity index (χ2v) is 4.56. The summed E-state index contributed by atoms with van der Waals surface area (Å²) in [5.41, 5.74) is 0.739. The van der Waals surface area contributed by atoms with Gasteiger partial charge in [0.15, 0.2) is 0 Å². The third-order valence-electron chi connectivity index (χ3n) is 2.88. The van der Waals surface area contributed by atoms with E-state index in [1.54, 1.807) is 6.20 Å². The minimum atomic E-state index is -0.210. The molecule has 0 bridgehead atoms. The molecule has 0 aliphatic carbocycles. The number of carbonyl (C=O) groups excluding carboxylic acids is 1. The predicted octanol–water partition coefficient (Wildman–Crippen LogP) is 1.17. The number of hydrogen-bond donors (Lipinski definition) is 1. The Labute approximate surface area is 89.1 Å². The second-order valence-electron chi connectivity index (χ2n) is 4.56. The average molecular weight is 205 g/mol. The van der Waals surface area contributed by atoms with Crippen LogP contribution in [0.4, 0.5) is 0 Å². The van der Waals surface area contributed by atoms with Crippen LogP contribution in [-0.2, 0) is 4.79 Å². The molecule has 1 aromatic heterocycles. The van der Waals surface area contributed by atoms with Crippen molar-refractivity contribution in [3.8, 4) is 0 Å². The van der Waals surface area contributed by atoms with Crippen molar-refractivity contribution in [2.45, 2.75) is 38.6 Å². The Bertz CT molecular complexity index is 401. The van der Waals surface area contributed by atoms with Gasteiger partial charge in [-0.25, -0.2) is 9.97 Å². The summed E-state index contributed by atoms with van der Waals surface area (Å²) in [7, 11) is 0. The summed E-state index contributed by atoms with van der Waals surface area (Å²) in [6.45, 7) is 5.92. The molecule has 1 N–H and O–H groups in total. The van der Waals surface area contributed by atoms with Crippen LogP contribution < -0.4 is 5.32 Å². The first-order valence-electron chi connectivity index (χ1n) is 5.09. The molecule has 0 aromatic carbocycles. The third-order valence-corrected chi connectivity index (χ3v) is 2.88. The van der Waals surface area contributed by atoms with E-state index < -0.39 is 0 Å². The summed E-state index contributed by atoms with van der Waals surface area (Å²) in [6, 6.07) is 1.89. The topological polar surface area (TPSA) is 54.9 Å². The van der Waals surface area contributed by atoms with Gasteiger partial charge < -0.3 is 5.32 Å². The molecule has 1 aliphatic heterocycles. The van der Waals surface area contributed by atoms with Crippen LogP contribution in [-0.4, -0.2) is 21.4 Å². The lowest BCUT2D eigenvalue weighted by atomic mass is 9.86. The van der Waals surface area contributed by atoms with E-state index in [2.05, 4.69) is 15.3 Å². The van der Waals surface area contributed by atoms with Crippen molar-refractivity contribution in [3.63, 3.8) is 0 Å². The van der Waals surface area contributed by atoms with Crippen LogP contribution in [0.1, 0.15) is 37.7 Å². The summed E-state index contributed by atoms with van der Waals surface area (Å²) in [5.74, 6) is 0.996. The number of amides is 1. The molecule has 1 unspecified atom stereocenters. The van der Waals surface area contributed by atoms with Crippen molar-refractivity contribution in [1.82, 2.24) is 15.3 Å². The van der Waals surface area contributed by atoms with Crippen LogP contribution in [0.15, 0.2) is 12.3 Å². The zero-order valence-corrected chi connectivity index (χ0v) is 9.24. The fourth-order valence-electron chi connectivity index (χ4n) is 2.08. The first kappa shape index (κ1) is 10.1. The number of nitrogens with one attached hydrogen (secondary N) is 1. The highest BCUT2D eigenvalue weighted by molar-refractivity contribution is 5.81. The zero-order valence-electron chi connectivity index (χ0n) is 9.24. The number of rotatable bonds is 1. The molecule has 2 rings (SSSR count). The molecular formula is C11H15N3O. The van der Waals surface area contributed by atoms with E-state index in [0.717, 1.165) is 11.5 Å². The molecular weight excluding hydrogens is 190 g/mol. The highest BCUT2D eigenvalue weighted by Gasteiger charge is 2.40.